The normalized spacial score (nSPS) is 14.0. The third-order valence-corrected chi connectivity index (χ3v) is 3.23. The van der Waals surface area contributed by atoms with Crippen LogP contribution in [0.5, 0.6) is 5.75 Å². The molecule has 1 atom stereocenters. The summed E-state index contributed by atoms with van der Waals surface area (Å²) < 4.78 is 18.2. The molecule has 4 nitrogen and oxygen atoms in total. The molecule has 0 heterocycles. The van der Waals surface area contributed by atoms with E-state index < -0.39 is 11.5 Å². The molecule has 1 aromatic rings. The molecule has 0 spiro atoms. The van der Waals surface area contributed by atoms with Gasteiger partial charge in [-0.15, -0.1) is 0 Å². The standard InChI is InChI=1S/C16H24FNO3/c1-12(2)18-16(3,15(19)20)10-4-5-11-21-14-8-6-13(17)7-9-14/h6-9,12,18H,4-5,10-11H2,1-3H3,(H,19,20). The van der Waals surface area contributed by atoms with Gasteiger partial charge in [0.2, 0.25) is 0 Å². The number of nitrogens with one attached hydrogen (secondary N) is 1. The zero-order valence-electron chi connectivity index (χ0n) is 12.9. The van der Waals surface area contributed by atoms with E-state index in [-0.39, 0.29) is 11.9 Å². The van der Waals surface area contributed by atoms with Gasteiger partial charge in [-0.2, -0.15) is 0 Å². The molecule has 1 aromatic carbocycles. The van der Waals surface area contributed by atoms with Gasteiger partial charge in [0.15, 0.2) is 0 Å². The van der Waals surface area contributed by atoms with Gasteiger partial charge in [0.25, 0.3) is 0 Å². The van der Waals surface area contributed by atoms with Crippen LogP contribution in [0.25, 0.3) is 0 Å². The Bertz CT molecular complexity index is 447. The van der Waals surface area contributed by atoms with Crippen LogP contribution in [0.15, 0.2) is 24.3 Å². The van der Waals surface area contributed by atoms with Crippen LogP contribution in [0.3, 0.4) is 0 Å². The van der Waals surface area contributed by atoms with Gasteiger partial charge < -0.3 is 9.84 Å². The van der Waals surface area contributed by atoms with Crippen LogP contribution in [-0.2, 0) is 4.79 Å². The van der Waals surface area contributed by atoms with Crippen molar-refractivity contribution in [3.05, 3.63) is 30.1 Å². The molecule has 0 aromatic heterocycles. The highest BCUT2D eigenvalue weighted by atomic mass is 19.1. The summed E-state index contributed by atoms with van der Waals surface area (Å²) in [5.41, 5.74) is -0.913. The molecule has 0 saturated carbocycles. The summed E-state index contributed by atoms with van der Waals surface area (Å²) in [5.74, 6) is -0.507. The lowest BCUT2D eigenvalue weighted by Crippen LogP contribution is -2.52. The zero-order chi connectivity index (χ0) is 15.9. The van der Waals surface area contributed by atoms with Crippen LogP contribution >= 0.6 is 0 Å². The van der Waals surface area contributed by atoms with Gasteiger partial charge in [-0.3, -0.25) is 10.1 Å². The van der Waals surface area contributed by atoms with Crippen LogP contribution in [0.2, 0.25) is 0 Å². The maximum absolute atomic E-state index is 12.7. The molecular formula is C16H24FNO3. The number of carboxylic acids is 1. The summed E-state index contributed by atoms with van der Waals surface area (Å²) in [6, 6.07) is 5.97. The van der Waals surface area contributed by atoms with Crippen molar-refractivity contribution in [3.63, 3.8) is 0 Å². The molecule has 5 heteroatoms. The zero-order valence-corrected chi connectivity index (χ0v) is 12.9. The first-order valence-corrected chi connectivity index (χ1v) is 7.23. The number of ether oxygens (including phenoxy) is 1. The largest absolute Gasteiger partial charge is 0.494 e. The van der Waals surface area contributed by atoms with Crippen LogP contribution in [0.4, 0.5) is 4.39 Å². The summed E-state index contributed by atoms with van der Waals surface area (Å²) >= 11 is 0. The number of carboxylic acid groups (broad SMARTS) is 1. The second-order valence-corrected chi connectivity index (χ2v) is 5.70. The van der Waals surface area contributed by atoms with E-state index in [9.17, 15) is 14.3 Å². The van der Waals surface area contributed by atoms with Gasteiger partial charge in [-0.1, -0.05) is 0 Å². The third kappa shape index (κ3) is 6.12. The van der Waals surface area contributed by atoms with Crippen molar-refractivity contribution in [2.75, 3.05) is 6.61 Å². The third-order valence-electron chi connectivity index (χ3n) is 3.23. The predicted octanol–water partition coefficient (Wildman–Crippen LogP) is 3.22. The maximum Gasteiger partial charge on any atom is 0.323 e. The minimum absolute atomic E-state index is 0.113. The maximum atomic E-state index is 12.7. The SMILES string of the molecule is CC(C)NC(C)(CCCCOc1ccc(F)cc1)C(=O)O. The lowest BCUT2D eigenvalue weighted by molar-refractivity contribution is -0.144. The van der Waals surface area contributed by atoms with E-state index in [1.807, 2.05) is 13.8 Å². The van der Waals surface area contributed by atoms with Crippen LogP contribution in [0.1, 0.15) is 40.0 Å². The second-order valence-electron chi connectivity index (χ2n) is 5.70. The lowest BCUT2D eigenvalue weighted by atomic mass is 9.94. The van der Waals surface area contributed by atoms with E-state index >= 15 is 0 Å². The summed E-state index contributed by atoms with van der Waals surface area (Å²) in [6.45, 7) is 6.05. The fourth-order valence-electron chi connectivity index (χ4n) is 2.18. The van der Waals surface area contributed by atoms with E-state index in [0.717, 1.165) is 12.8 Å². The molecule has 118 valence electrons. The fourth-order valence-corrected chi connectivity index (χ4v) is 2.18. The Morgan fingerprint density at radius 1 is 1.33 bits per heavy atom. The average molecular weight is 297 g/mol. The van der Waals surface area contributed by atoms with Crippen LogP contribution in [-0.4, -0.2) is 29.3 Å². The Labute approximate surface area is 125 Å². The molecule has 0 fully saturated rings. The first kappa shape index (κ1) is 17.4. The molecule has 21 heavy (non-hydrogen) atoms. The van der Waals surface area contributed by atoms with Crippen molar-refractivity contribution in [2.45, 2.75) is 51.6 Å². The Kier molecular flexibility index (Phi) is 6.62. The van der Waals surface area contributed by atoms with Crippen molar-refractivity contribution < 1.29 is 19.0 Å². The van der Waals surface area contributed by atoms with Crippen LogP contribution < -0.4 is 10.1 Å². The molecule has 0 radical (unpaired) electrons. The van der Waals surface area contributed by atoms with E-state index in [2.05, 4.69) is 5.32 Å². The number of aliphatic carboxylic acids is 1. The molecule has 0 aliphatic rings. The Balaban J connectivity index is 2.31. The highest BCUT2D eigenvalue weighted by molar-refractivity contribution is 5.78. The molecule has 1 rings (SSSR count). The fraction of sp³-hybridized carbons (Fsp3) is 0.562. The van der Waals surface area contributed by atoms with E-state index in [1.165, 1.54) is 12.1 Å². The van der Waals surface area contributed by atoms with Crippen molar-refractivity contribution in [2.24, 2.45) is 0 Å². The number of hydrogen-bond acceptors (Lipinski definition) is 3. The minimum atomic E-state index is -0.913. The molecule has 0 aliphatic heterocycles. The molecule has 1 unspecified atom stereocenters. The minimum Gasteiger partial charge on any atom is -0.494 e. The Morgan fingerprint density at radius 2 is 1.95 bits per heavy atom. The predicted molar refractivity (Wildman–Crippen MR) is 80.1 cm³/mol. The number of rotatable bonds is 9. The number of halogens is 1. The van der Waals surface area contributed by atoms with E-state index in [0.29, 0.717) is 18.8 Å². The average Bonchev–Trinajstić information content (AvgIpc) is 2.39. The van der Waals surface area contributed by atoms with Gasteiger partial charge in [0.1, 0.15) is 17.1 Å². The van der Waals surface area contributed by atoms with Gasteiger partial charge in [-0.25, -0.2) is 4.39 Å². The van der Waals surface area contributed by atoms with Gasteiger partial charge >= 0.3 is 5.97 Å². The summed E-state index contributed by atoms with van der Waals surface area (Å²) in [7, 11) is 0. The molecule has 2 N–H and O–H groups in total. The van der Waals surface area contributed by atoms with Crippen molar-refractivity contribution in [1.29, 1.82) is 0 Å². The highest BCUT2D eigenvalue weighted by Crippen LogP contribution is 2.16. The van der Waals surface area contributed by atoms with Crippen molar-refractivity contribution >= 4 is 5.97 Å². The smallest absolute Gasteiger partial charge is 0.323 e. The first-order chi connectivity index (χ1) is 9.83. The van der Waals surface area contributed by atoms with Crippen LogP contribution in [0, 0.1) is 5.82 Å². The quantitative estimate of drug-likeness (QED) is 0.687. The van der Waals surface area contributed by atoms with E-state index in [4.69, 9.17) is 4.74 Å². The topological polar surface area (TPSA) is 58.6 Å². The van der Waals surface area contributed by atoms with E-state index in [1.54, 1.807) is 19.1 Å². The molecular weight excluding hydrogens is 273 g/mol. The molecule has 0 amide bonds. The highest BCUT2D eigenvalue weighted by Gasteiger charge is 2.32. The number of carbonyl (C=O) groups is 1. The number of unbranched alkanes of at least 4 members (excludes halogenated alkanes) is 1. The molecule has 0 aliphatic carbocycles. The summed E-state index contributed by atoms with van der Waals surface area (Å²) in [4.78, 5) is 11.3. The van der Waals surface area contributed by atoms with Crippen molar-refractivity contribution in [1.82, 2.24) is 5.32 Å². The molecule has 0 saturated heterocycles. The number of hydrogen-bond donors (Lipinski definition) is 2. The first-order valence-electron chi connectivity index (χ1n) is 7.23. The van der Waals surface area contributed by atoms with Gasteiger partial charge in [0.05, 0.1) is 6.61 Å². The monoisotopic (exact) mass is 297 g/mol. The lowest BCUT2D eigenvalue weighted by Gasteiger charge is -2.28. The van der Waals surface area contributed by atoms with Crippen molar-refractivity contribution in [3.8, 4) is 5.75 Å². The van der Waals surface area contributed by atoms with Gasteiger partial charge in [-0.05, 0) is 64.3 Å². The Hall–Kier alpha value is -1.62. The summed E-state index contributed by atoms with van der Waals surface area (Å²) in [6.07, 6.45) is 2.02. The Morgan fingerprint density at radius 3 is 2.48 bits per heavy atom. The number of benzene rings is 1. The second kappa shape index (κ2) is 7.98. The summed E-state index contributed by atoms with van der Waals surface area (Å²) in [5, 5.41) is 12.4. The van der Waals surface area contributed by atoms with Gasteiger partial charge in [0, 0.05) is 6.04 Å². The molecule has 0 bridgehead atoms.